The third-order valence-corrected chi connectivity index (χ3v) is 6.08. The van der Waals surface area contributed by atoms with E-state index in [4.69, 9.17) is 14.9 Å². The molecule has 0 fully saturated rings. The van der Waals surface area contributed by atoms with E-state index in [0.717, 1.165) is 50.5 Å². The van der Waals surface area contributed by atoms with Crippen molar-refractivity contribution in [2.75, 3.05) is 13.2 Å². The first-order valence-electron chi connectivity index (χ1n) is 17.8. The smallest absolute Gasteiger partial charge is 0.305 e. The fourth-order valence-corrected chi connectivity index (χ4v) is 3.84. The van der Waals surface area contributed by atoms with Gasteiger partial charge < -0.3 is 9.47 Å². The summed E-state index contributed by atoms with van der Waals surface area (Å²) in [4.78, 5) is 11.2. The summed E-state index contributed by atoms with van der Waals surface area (Å²) in [5.41, 5.74) is 1.63. The molecule has 5 nitrogen and oxygen atoms in total. The van der Waals surface area contributed by atoms with Gasteiger partial charge in [0.15, 0.2) is 0 Å². The van der Waals surface area contributed by atoms with Crippen molar-refractivity contribution in [3.63, 3.8) is 0 Å². The second-order valence-corrected chi connectivity index (χ2v) is 9.56. The fourth-order valence-electron chi connectivity index (χ4n) is 3.62. The minimum Gasteiger partial charge on any atom is -0.477 e. The number of nitrogens with zero attached hydrogens (tertiary/aromatic N) is 1. The molecule has 0 aromatic heterocycles. The summed E-state index contributed by atoms with van der Waals surface area (Å²) in [6.07, 6.45) is 22.8. The molecular weight excluding hydrogens is 540 g/mol. The Bertz CT molecular complexity index is 578. The molecule has 0 aliphatic carbocycles. The Kier molecular flexibility index (Phi) is 59.2. The van der Waals surface area contributed by atoms with Gasteiger partial charge in [0.05, 0.1) is 13.2 Å². The summed E-state index contributed by atoms with van der Waals surface area (Å²) in [6, 6.07) is 0. The molecule has 0 bridgehead atoms. The topological polar surface area (TPSA) is 71.7 Å². The molecule has 0 saturated carbocycles. The van der Waals surface area contributed by atoms with Gasteiger partial charge in [-0.3, -0.25) is 10.2 Å². The maximum absolute atomic E-state index is 11.2. The van der Waals surface area contributed by atoms with Crippen LogP contribution in [-0.4, -0.2) is 30.8 Å². The molecule has 0 heterocycles. The van der Waals surface area contributed by atoms with Gasteiger partial charge in [-0.15, -0.1) is 0 Å². The molecule has 0 aromatic rings. The second-order valence-electron chi connectivity index (χ2n) is 9.36. The van der Waals surface area contributed by atoms with Crippen molar-refractivity contribution in [1.29, 1.82) is 5.41 Å². The Labute approximate surface area is 270 Å². The van der Waals surface area contributed by atoms with Gasteiger partial charge in [0.25, 0.3) is 0 Å². The van der Waals surface area contributed by atoms with Crippen molar-refractivity contribution in [2.24, 2.45) is 4.40 Å². The molecule has 42 heavy (non-hydrogen) atoms. The number of hydrogen-bond donors (Lipinski definition) is 2. The quantitative estimate of drug-likeness (QED) is 0.0418. The molecule has 1 N–H and O–H groups in total. The minimum atomic E-state index is -0.0187. The first-order chi connectivity index (χ1) is 20.5. The Morgan fingerprint density at radius 3 is 1.55 bits per heavy atom. The molecule has 0 aliphatic heterocycles. The minimum absolute atomic E-state index is 0.0187. The summed E-state index contributed by atoms with van der Waals surface area (Å²) >= 11 is 3.98. The van der Waals surface area contributed by atoms with E-state index in [1.165, 1.54) is 64.2 Å². The van der Waals surface area contributed by atoms with Crippen molar-refractivity contribution in [1.82, 2.24) is 0 Å². The molecule has 0 spiro atoms. The zero-order chi connectivity index (χ0) is 33.3. The first kappa shape index (κ1) is 50.3. The number of thiol groups is 1. The lowest BCUT2D eigenvalue weighted by atomic mass is 10.1. The van der Waals surface area contributed by atoms with Gasteiger partial charge in [-0.1, -0.05) is 159 Å². The largest absolute Gasteiger partial charge is 0.477 e. The van der Waals surface area contributed by atoms with E-state index in [1.54, 1.807) is 0 Å². The number of hydrogen-bond acceptors (Lipinski definition) is 6. The SMILES string of the molecule is CC.CC.CC.CCC/C=C(CC)/C(=N/S)C(=N)OCCCCCC.CCCCCCCCCCCC(=O)OCCC. The van der Waals surface area contributed by atoms with Gasteiger partial charge in [-0.25, -0.2) is 4.40 Å². The maximum atomic E-state index is 11.2. The maximum Gasteiger partial charge on any atom is 0.305 e. The summed E-state index contributed by atoms with van der Waals surface area (Å²) in [7, 11) is 0. The second kappa shape index (κ2) is 49.4. The highest BCUT2D eigenvalue weighted by Crippen LogP contribution is 2.12. The number of unbranched alkanes of at least 4 members (excludes halogenated alkanes) is 12. The molecule has 0 saturated heterocycles. The summed E-state index contributed by atoms with van der Waals surface area (Å²) in [5.74, 6) is 0.130. The van der Waals surface area contributed by atoms with Crippen LogP contribution in [0.2, 0.25) is 0 Å². The van der Waals surface area contributed by atoms with E-state index in [0.29, 0.717) is 25.3 Å². The van der Waals surface area contributed by atoms with Crippen LogP contribution in [0.5, 0.6) is 0 Å². The van der Waals surface area contributed by atoms with Crippen LogP contribution in [0.25, 0.3) is 0 Å². The van der Waals surface area contributed by atoms with E-state index in [9.17, 15) is 4.79 Å². The van der Waals surface area contributed by atoms with Crippen LogP contribution < -0.4 is 0 Å². The van der Waals surface area contributed by atoms with Gasteiger partial charge in [0.2, 0.25) is 5.90 Å². The average Bonchev–Trinajstić information content (AvgIpc) is 3.04. The van der Waals surface area contributed by atoms with Crippen molar-refractivity contribution >= 4 is 30.4 Å². The van der Waals surface area contributed by atoms with Gasteiger partial charge in [0, 0.05) is 6.42 Å². The molecule has 0 atom stereocenters. The number of rotatable bonds is 22. The van der Waals surface area contributed by atoms with Crippen molar-refractivity contribution < 1.29 is 14.3 Å². The van der Waals surface area contributed by atoms with Crippen LogP contribution in [0.15, 0.2) is 16.0 Å². The summed E-state index contributed by atoms with van der Waals surface area (Å²) in [5, 5.41) is 7.95. The number of carbonyl (C=O) groups excluding carboxylic acids is 1. The molecule has 0 radical (unpaired) electrons. The number of ether oxygens (including phenoxy) is 2. The molecule has 0 unspecified atom stereocenters. The predicted molar refractivity (Wildman–Crippen MR) is 195 cm³/mol. The molecule has 0 aromatic carbocycles. The third-order valence-electron chi connectivity index (χ3n) is 5.88. The Balaban J connectivity index is -0.000000185. The normalized spacial score (nSPS) is 10.4. The highest BCUT2D eigenvalue weighted by atomic mass is 32.1. The summed E-state index contributed by atoms with van der Waals surface area (Å²) < 4.78 is 14.4. The van der Waals surface area contributed by atoms with Crippen LogP contribution in [0.3, 0.4) is 0 Å². The van der Waals surface area contributed by atoms with Crippen molar-refractivity contribution in [3.8, 4) is 0 Å². The van der Waals surface area contributed by atoms with Crippen LogP contribution in [0.4, 0.5) is 0 Å². The van der Waals surface area contributed by atoms with Crippen LogP contribution >= 0.6 is 12.8 Å². The Morgan fingerprint density at radius 2 is 1.12 bits per heavy atom. The lowest BCUT2D eigenvalue weighted by Crippen LogP contribution is -2.19. The monoisotopic (exact) mass is 617 g/mol. The fraction of sp³-hybridized carbons (Fsp3) is 0.861. The van der Waals surface area contributed by atoms with E-state index in [-0.39, 0.29) is 11.9 Å². The number of esters is 1. The average molecular weight is 617 g/mol. The number of nitrogens with one attached hydrogen (secondary N) is 1. The van der Waals surface area contributed by atoms with E-state index < -0.39 is 0 Å². The van der Waals surface area contributed by atoms with Gasteiger partial charge in [-0.2, -0.15) is 0 Å². The first-order valence-corrected chi connectivity index (χ1v) is 18.2. The molecule has 0 amide bonds. The molecule has 6 heteroatoms. The predicted octanol–water partition coefficient (Wildman–Crippen LogP) is 12.9. The lowest BCUT2D eigenvalue weighted by molar-refractivity contribution is -0.143. The van der Waals surface area contributed by atoms with Crippen molar-refractivity contribution in [2.45, 2.75) is 192 Å². The van der Waals surface area contributed by atoms with E-state index in [2.05, 4.69) is 51.0 Å². The standard InChI is InChI=1S/C15H28N2OS.C15H30O2.3C2H6/c1-4-7-9-10-12-18-15(16)14(17-19)13(6-3)11-8-5-2;1-3-5-6-7-8-9-10-11-12-13-15(16)17-14-4-2;3*1-2/h11,16,19H,4-10,12H2,1-3H3;3-14H2,1-2H3;3*1-2H3/b13-11+,16-15?,17-14-;;;;. The highest BCUT2D eigenvalue weighted by Gasteiger charge is 2.12. The zero-order valence-corrected chi connectivity index (χ0v) is 31.2. The van der Waals surface area contributed by atoms with Crippen LogP contribution in [0.1, 0.15) is 192 Å². The highest BCUT2D eigenvalue weighted by molar-refractivity contribution is 7.79. The van der Waals surface area contributed by atoms with Crippen LogP contribution in [-0.2, 0) is 14.3 Å². The van der Waals surface area contributed by atoms with E-state index >= 15 is 0 Å². The number of carbonyl (C=O) groups is 1. The molecule has 0 rings (SSSR count). The Morgan fingerprint density at radius 1 is 0.643 bits per heavy atom. The van der Waals surface area contributed by atoms with E-state index in [1.807, 2.05) is 48.5 Å². The van der Waals surface area contributed by atoms with Crippen LogP contribution in [0, 0.1) is 5.41 Å². The molecule has 0 aliphatic rings. The van der Waals surface area contributed by atoms with Gasteiger partial charge >= 0.3 is 5.97 Å². The van der Waals surface area contributed by atoms with Gasteiger partial charge in [-0.05, 0) is 50.5 Å². The zero-order valence-electron chi connectivity index (χ0n) is 30.3. The molecule has 254 valence electrons. The Hall–Kier alpha value is -1.30. The van der Waals surface area contributed by atoms with Crippen molar-refractivity contribution in [3.05, 3.63) is 11.6 Å². The number of allylic oxidation sites excluding steroid dienone is 1. The third kappa shape index (κ3) is 40.8. The van der Waals surface area contributed by atoms with Gasteiger partial charge in [0.1, 0.15) is 5.71 Å². The molecular formula is C36H76N2O3S. The summed E-state index contributed by atoms with van der Waals surface area (Å²) in [6.45, 7) is 23.8. The lowest BCUT2D eigenvalue weighted by Gasteiger charge is -2.11.